The van der Waals surface area contributed by atoms with Gasteiger partial charge in [0.05, 0.1) is 6.54 Å². The maximum Gasteiger partial charge on any atom is 0.272 e. The summed E-state index contributed by atoms with van der Waals surface area (Å²) in [5.74, 6) is 1.32. The minimum absolute atomic E-state index is 0.126. The van der Waals surface area contributed by atoms with E-state index in [1.54, 1.807) is 18.1 Å². The van der Waals surface area contributed by atoms with E-state index in [0.29, 0.717) is 24.6 Å². The fourth-order valence-electron chi connectivity index (χ4n) is 3.01. The molecule has 2 heterocycles. The smallest absolute Gasteiger partial charge is 0.272 e. The summed E-state index contributed by atoms with van der Waals surface area (Å²) in [7, 11) is 1.76. The quantitative estimate of drug-likeness (QED) is 0.738. The molecule has 1 atom stereocenters. The number of fused-ring (bicyclic) bond motifs is 2. The van der Waals surface area contributed by atoms with Crippen molar-refractivity contribution in [1.29, 1.82) is 0 Å². The van der Waals surface area contributed by atoms with E-state index < -0.39 is 0 Å². The van der Waals surface area contributed by atoms with Gasteiger partial charge in [-0.25, -0.2) is 0 Å². The number of hydrogen-bond donors (Lipinski definition) is 0. The summed E-state index contributed by atoms with van der Waals surface area (Å²) in [5, 5.41) is 1.86. The summed E-state index contributed by atoms with van der Waals surface area (Å²) in [6.45, 7) is 0.843. The molecule has 0 saturated carbocycles. The third kappa shape index (κ3) is 3.01. The van der Waals surface area contributed by atoms with Crippen molar-refractivity contribution in [2.75, 3.05) is 20.2 Å². The van der Waals surface area contributed by atoms with E-state index in [2.05, 4.69) is 4.98 Å². The molecular weight excluding hydrogens is 316 g/mol. The van der Waals surface area contributed by atoms with Crippen molar-refractivity contribution in [3.63, 3.8) is 0 Å². The molecule has 1 amide bonds. The van der Waals surface area contributed by atoms with Crippen LogP contribution in [-0.2, 0) is 0 Å². The van der Waals surface area contributed by atoms with Gasteiger partial charge in [0.15, 0.2) is 17.6 Å². The summed E-state index contributed by atoms with van der Waals surface area (Å²) >= 11 is 0. The summed E-state index contributed by atoms with van der Waals surface area (Å²) in [5.41, 5.74) is 0.456. The second kappa shape index (κ2) is 6.43. The van der Waals surface area contributed by atoms with Crippen LogP contribution in [0.3, 0.4) is 0 Å². The Hall–Kier alpha value is -3.08. The third-order valence-corrected chi connectivity index (χ3v) is 4.27. The molecule has 0 N–H and O–H groups in total. The van der Waals surface area contributed by atoms with E-state index in [-0.39, 0.29) is 12.0 Å². The van der Waals surface area contributed by atoms with Gasteiger partial charge in [0.1, 0.15) is 12.3 Å². The molecule has 0 aliphatic carbocycles. The topological polar surface area (TPSA) is 51.7 Å². The van der Waals surface area contributed by atoms with E-state index in [1.165, 1.54) is 0 Å². The lowest BCUT2D eigenvalue weighted by Crippen LogP contribution is -2.42. The highest BCUT2D eigenvalue weighted by molar-refractivity contribution is 6.05. The van der Waals surface area contributed by atoms with Crippen molar-refractivity contribution in [3.05, 3.63) is 66.5 Å². The number of nitrogens with zero attached hydrogens (tertiary/aromatic N) is 2. The number of carbonyl (C=O) groups excluding carboxylic acids is 1. The van der Waals surface area contributed by atoms with Crippen molar-refractivity contribution in [3.8, 4) is 11.5 Å². The van der Waals surface area contributed by atoms with Gasteiger partial charge in [0, 0.05) is 18.6 Å². The molecular formula is C20H18N2O3. The highest BCUT2D eigenvalue weighted by Crippen LogP contribution is 2.31. The maximum atomic E-state index is 12.8. The normalized spacial score (nSPS) is 15.8. The second-order valence-corrected chi connectivity index (χ2v) is 6.06. The van der Waals surface area contributed by atoms with Crippen LogP contribution < -0.4 is 9.47 Å². The fraction of sp³-hybridized carbons (Fsp3) is 0.200. The first kappa shape index (κ1) is 15.4. The van der Waals surface area contributed by atoms with Crippen LogP contribution in [0.1, 0.15) is 10.5 Å². The third-order valence-electron chi connectivity index (χ3n) is 4.27. The molecule has 1 aliphatic rings. The average molecular weight is 334 g/mol. The van der Waals surface area contributed by atoms with E-state index in [9.17, 15) is 4.79 Å². The van der Waals surface area contributed by atoms with Crippen molar-refractivity contribution in [1.82, 2.24) is 9.88 Å². The Labute approximate surface area is 145 Å². The molecule has 3 aromatic rings. The van der Waals surface area contributed by atoms with Crippen molar-refractivity contribution < 1.29 is 14.3 Å². The number of ether oxygens (including phenoxy) is 2. The van der Waals surface area contributed by atoms with Gasteiger partial charge >= 0.3 is 0 Å². The number of likely N-dealkylation sites (N-methyl/N-ethyl adjacent to an activating group) is 1. The number of carbonyl (C=O) groups is 1. The Kier molecular flexibility index (Phi) is 3.98. The number of pyridine rings is 1. The zero-order valence-corrected chi connectivity index (χ0v) is 13.9. The molecule has 1 aliphatic heterocycles. The first-order valence-electron chi connectivity index (χ1n) is 8.20. The highest BCUT2D eigenvalue weighted by Gasteiger charge is 2.25. The van der Waals surface area contributed by atoms with Crippen LogP contribution >= 0.6 is 0 Å². The van der Waals surface area contributed by atoms with Crippen LogP contribution in [0.5, 0.6) is 11.5 Å². The first-order chi connectivity index (χ1) is 12.2. The summed E-state index contributed by atoms with van der Waals surface area (Å²) in [6.07, 6.45) is 1.46. The second-order valence-electron chi connectivity index (χ2n) is 6.06. The highest BCUT2D eigenvalue weighted by atomic mass is 16.6. The number of aromatic nitrogens is 1. The van der Waals surface area contributed by atoms with E-state index in [0.717, 1.165) is 16.5 Å². The van der Waals surface area contributed by atoms with Crippen molar-refractivity contribution in [2.45, 2.75) is 6.10 Å². The van der Waals surface area contributed by atoms with Gasteiger partial charge in [0.25, 0.3) is 5.91 Å². The van der Waals surface area contributed by atoms with Crippen LogP contribution in [0.25, 0.3) is 10.8 Å². The van der Waals surface area contributed by atoms with Gasteiger partial charge in [-0.3, -0.25) is 9.78 Å². The Balaban J connectivity index is 1.51. The van der Waals surface area contributed by atoms with E-state index in [4.69, 9.17) is 9.47 Å². The maximum absolute atomic E-state index is 12.8. The van der Waals surface area contributed by atoms with Crippen LogP contribution in [0.4, 0.5) is 0 Å². The zero-order chi connectivity index (χ0) is 17.2. The Morgan fingerprint density at radius 2 is 1.88 bits per heavy atom. The van der Waals surface area contributed by atoms with Crippen LogP contribution in [-0.4, -0.2) is 42.1 Å². The van der Waals surface area contributed by atoms with Crippen LogP contribution in [0, 0.1) is 0 Å². The molecule has 0 radical (unpaired) electrons. The molecule has 5 nitrogen and oxygen atoms in total. The van der Waals surface area contributed by atoms with Gasteiger partial charge < -0.3 is 14.4 Å². The molecule has 4 rings (SSSR count). The molecule has 0 bridgehead atoms. The van der Waals surface area contributed by atoms with Crippen molar-refractivity contribution in [2.24, 2.45) is 0 Å². The van der Waals surface area contributed by atoms with Gasteiger partial charge in [-0.2, -0.15) is 0 Å². The molecule has 1 aromatic heterocycles. The van der Waals surface area contributed by atoms with Gasteiger partial charge in [-0.1, -0.05) is 36.4 Å². The number of benzene rings is 2. The molecule has 25 heavy (non-hydrogen) atoms. The molecule has 5 heteroatoms. The number of rotatable bonds is 3. The predicted molar refractivity (Wildman–Crippen MR) is 95.1 cm³/mol. The van der Waals surface area contributed by atoms with E-state index in [1.807, 2.05) is 54.6 Å². The molecule has 2 aromatic carbocycles. The average Bonchev–Trinajstić information content (AvgIpc) is 2.67. The van der Waals surface area contributed by atoms with Crippen molar-refractivity contribution >= 4 is 16.7 Å². The number of amides is 1. The molecule has 0 unspecified atom stereocenters. The van der Waals surface area contributed by atoms with Crippen LogP contribution in [0.15, 0.2) is 60.8 Å². The van der Waals surface area contributed by atoms with Crippen LogP contribution in [0.2, 0.25) is 0 Å². The van der Waals surface area contributed by atoms with Gasteiger partial charge in [-0.15, -0.1) is 0 Å². The lowest BCUT2D eigenvalue weighted by molar-refractivity contribution is 0.0518. The Bertz CT molecular complexity index is 920. The predicted octanol–water partition coefficient (Wildman–Crippen LogP) is 3.15. The summed E-state index contributed by atoms with van der Waals surface area (Å²) < 4.78 is 11.7. The largest absolute Gasteiger partial charge is 0.486 e. The van der Waals surface area contributed by atoms with Gasteiger partial charge in [0.2, 0.25) is 0 Å². The zero-order valence-electron chi connectivity index (χ0n) is 13.9. The molecule has 0 saturated heterocycles. The molecule has 0 fully saturated rings. The number of para-hydroxylation sites is 2. The lowest BCUT2D eigenvalue weighted by Gasteiger charge is -2.29. The van der Waals surface area contributed by atoms with Gasteiger partial charge in [-0.05, 0) is 23.6 Å². The fourth-order valence-corrected chi connectivity index (χ4v) is 3.01. The summed E-state index contributed by atoms with van der Waals surface area (Å²) in [4.78, 5) is 18.8. The van der Waals surface area contributed by atoms with E-state index >= 15 is 0 Å². The number of hydrogen-bond acceptors (Lipinski definition) is 4. The first-order valence-corrected chi connectivity index (χ1v) is 8.20. The minimum Gasteiger partial charge on any atom is -0.486 e. The standard InChI is InChI=1S/C20H18N2O3/c1-22(12-15-13-24-17-8-4-5-9-18(17)25-15)20(23)19-16-7-3-2-6-14(16)10-11-21-19/h2-11,15H,12-13H2,1H3/t15-/m0/s1. The Morgan fingerprint density at radius 3 is 2.76 bits per heavy atom. The monoisotopic (exact) mass is 334 g/mol. The molecule has 126 valence electrons. The SMILES string of the molecule is CN(C[C@H]1COc2ccccc2O1)C(=O)c1nccc2ccccc12. The summed E-state index contributed by atoms with van der Waals surface area (Å²) in [6, 6.07) is 17.2. The lowest BCUT2D eigenvalue weighted by atomic mass is 10.1. The minimum atomic E-state index is -0.209. The Morgan fingerprint density at radius 1 is 1.12 bits per heavy atom. The molecule has 0 spiro atoms.